The third-order valence-corrected chi connectivity index (χ3v) is 3.87. The number of hydrogen-bond donors (Lipinski definition) is 2. The van der Waals surface area contributed by atoms with Gasteiger partial charge in [-0.1, -0.05) is 0 Å². The van der Waals surface area contributed by atoms with E-state index in [0.717, 1.165) is 49.7 Å². The highest BCUT2D eigenvalue weighted by molar-refractivity contribution is 5.89. The highest BCUT2D eigenvalue weighted by Gasteiger charge is 2.15. The maximum Gasteiger partial charge on any atom is 0.146 e. The molecule has 2 heterocycles. The number of nitrogens with zero attached hydrogens (tertiary/aromatic N) is 1. The summed E-state index contributed by atoms with van der Waals surface area (Å²) in [7, 11) is 3.37. The second-order valence-electron chi connectivity index (χ2n) is 5.09. The summed E-state index contributed by atoms with van der Waals surface area (Å²) >= 11 is 0. The quantitative estimate of drug-likeness (QED) is 0.889. The fourth-order valence-corrected chi connectivity index (χ4v) is 2.75. The van der Waals surface area contributed by atoms with Crippen molar-refractivity contribution in [3.8, 4) is 11.5 Å². The topological polar surface area (TPSA) is 49.5 Å². The number of H-pyrrole nitrogens is 1. The highest BCUT2D eigenvalue weighted by Crippen LogP contribution is 2.32. The number of benzene rings is 1. The van der Waals surface area contributed by atoms with Gasteiger partial charge in [-0.3, -0.25) is 4.90 Å². The van der Waals surface area contributed by atoms with Gasteiger partial charge in [-0.15, -0.1) is 0 Å². The molecule has 0 spiro atoms. The second kappa shape index (κ2) is 5.73. The van der Waals surface area contributed by atoms with Crippen LogP contribution in [0, 0.1) is 0 Å². The maximum absolute atomic E-state index is 5.44. The first-order valence-corrected chi connectivity index (χ1v) is 6.97. The number of piperazine rings is 1. The summed E-state index contributed by atoms with van der Waals surface area (Å²) in [5.74, 6) is 1.65. The van der Waals surface area contributed by atoms with E-state index >= 15 is 0 Å². The normalized spacial score (nSPS) is 16.5. The van der Waals surface area contributed by atoms with Crippen LogP contribution in [0.25, 0.3) is 10.9 Å². The van der Waals surface area contributed by atoms with E-state index in [0.29, 0.717) is 0 Å². The second-order valence-corrected chi connectivity index (χ2v) is 5.09. The lowest BCUT2D eigenvalue weighted by atomic mass is 10.1. The summed E-state index contributed by atoms with van der Waals surface area (Å²) in [5, 5.41) is 4.56. The SMILES string of the molecule is COc1cc(OC)c2[nH]cc(CN3CCNCC3)c2c1. The molecule has 0 bridgehead atoms. The van der Waals surface area contributed by atoms with Gasteiger partial charge in [0.15, 0.2) is 0 Å². The zero-order valence-electron chi connectivity index (χ0n) is 12.0. The van der Waals surface area contributed by atoms with E-state index in [1.807, 2.05) is 6.07 Å². The minimum Gasteiger partial charge on any atom is -0.497 e. The number of ether oxygens (including phenoxy) is 2. The van der Waals surface area contributed by atoms with Crippen LogP contribution < -0.4 is 14.8 Å². The van der Waals surface area contributed by atoms with Crippen LogP contribution in [-0.2, 0) is 6.54 Å². The van der Waals surface area contributed by atoms with E-state index in [1.54, 1.807) is 14.2 Å². The summed E-state index contributed by atoms with van der Waals surface area (Å²) in [6, 6.07) is 3.99. The van der Waals surface area contributed by atoms with E-state index in [2.05, 4.69) is 27.5 Å². The largest absolute Gasteiger partial charge is 0.497 e. The number of aromatic amines is 1. The minimum atomic E-state index is 0.825. The Kier molecular flexibility index (Phi) is 3.80. The van der Waals surface area contributed by atoms with E-state index < -0.39 is 0 Å². The first kappa shape index (κ1) is 13.3. The molecule has 5 heteroatoms. The third kappa shape index (κ3) is 2.46. The van der Waals surface area contributed by atoms with Gasteiger partial charge in [0.1, 0.15) is 11.5 Å². The lowest BCUT2D eigenvalue weighted by Crippen LogP contribution is -2.42. The molecule has 1 aliphatic rings. The molecule has 2 aromatic rings. The van der Waals surface area contributed by atoms with E-state index in [9.17, 15) is 0 Å². The Morgan fingerprint density at radius 1 is 1.15 bits per heavy atom. The van der Waals surface area contributed by atoms with Gasteiger partial charge in [0, 0.05) is 50.4 Å². The Morgan fingerprint density at radius 2 is 1.95 bits per heavy atom. The summed E-state index contributed by atoms with van der Waals surface area (Å²) in [4.78, 5) is 5.79. The van der Waals surface area contributed by atoms with Gasteiger partial charge in [-0.25, -0.2) is 0 Å². The Bertz CT molecular complexity index is 588. The lowest BCUT2D eigenvalue weighted by Gasteiger charge is -2.26. The van der Waals surface area contributed by atoms with Crippen LogP contribution in [0.1, 0.15) is 5.56 Å². The highest BCUT2D eigenvalue weighted by atomic mass is 16.5. The molecule has 0 atom stereocenters. The predicted octanol–water partition coefficient (Wildman–Crippen LogP) is 1.59. The van der Waals surface area contributed by atoms with Crippen molar-refractivity contribution in [2.24, 2.45) is 0 Å². The minimum absolute atomic E-state index is 0.825. The number of aromatic nitrogens is 1. The van der Waals surface area contributed by atoms with Crippen molar-refractivity contribution in [2.75, 3.05) is 40.4 Å². The van der Waals surface area contributed by atoms with Crippen LogP contribution in [0.5, 0.6) is 11.5 Å². The summed E-state index contributed by atoms with van der Waals surface area (Å²) in [6.07, 6.45) is 2.08. The molecule has 1 fully saturated rings. The lowest BCUT2D eigenvalue weighted by molar-refractivity contribution is 0.234. The number of hydrogen-bond acceptors (Lipinski definition) is 4. The molecule has 2 N–H and O–H groups in total. The van der Waals surface area contributed by atoms with Crippen molar-refractivity contribution >= 4 is 10.9 Å². The Morgan fingerprint density at radius 3 is 2.65 bits per heavy atom. The fraction of sp³-hybridized carbons (Fsp3) is 0.467. The molecular weight excluding hydrogens is 254 g/mol. The molecular formula is C15H21N3O2. The summed E-state index contributed by atoms with van der Waals surface area (Å²) in [6.45, 7) is 5.27. The van der Waals surface area contributed by atoms with Crippen molar-refractivity contribution in [3.63, 3.8) is 0 Å². The zero-order chi connectivity index (χ0) is 13.9. The maximum atomic E-state index is 5.44. The fourth-order valence-electron chi connectivity index (χ4n) is 2.75. The molecule has 0 radical (unpaired) electrons. The molecule has 1 aliphatic heterocycles. The molecule has 1 aromatic heterocycles. The number of nitrogens with one attached hydrogen (secondary N) is 2. The molecule has 0 amide bonds. The van der Waals surface area contributed by atoms with Crippen LogP contribution in [-0.4, -0.2) is 50.3 Å². The average molecular weight is 275 g/mol. The van der Waals surface area contributed by atoms with Crippen LogP contribution in [0.2, 0.25) is 0 Å². The Labute approximate surface area is 118 Å². The van der Waals surface area contributed by atoms with Crippen molar-refractivity contribution in [1.82, 2.24) is 15.2 Å². The van der Waals surface area contributed by atoms with Gasteiger partial charge in [0.2, 0.25) is 0 Å². The van der Waals surface area contributed by atoms with Gasteiger partial charge in [-0.2, -0.15) is 0 Å². The first-order valence-electron chi connectivity index (χ1n) is 6.97. The van der Waals surface area contributed by atoms with Crippen LogP contribution in [0.3, 0.4) is 0 Å². The number of fused-ring (bicyclic) bond motifs is 1. The molecule has 5 nitrogen and oxygen atoms in total. The molecule has 0 unspecified atom stereocenters. The molecule has 1 aromatic carbocycles. The van der Waals surface area contributed by atoms with Gasteiger partial charge in [0.05, 0.1) is 19.7 Å². The third-order valence-electron chi connectivity index (χ3n) is 3.87. The molecule has 20 heavy (non-hydrogen) atoms. The van der Waals surface area contributed by atoms with E-state index in [1.165, 1.54) is 10.9 Å². The predicted molar refractivity (Wildman–Crippen MR) is 79.5 cm³/mol. The smallest absolute Gasteiger partial charge is 0.146 e. The van der Waals surface area contributed by atoms with Crippen LogP contribution >= 0.6 is 0 Å². The summed E-state index contributed by atoms with van der Waals surface area (Å²) in [5.41, 5.74) is 2.33. The number of methoxy groups -OCH3 is 2. The summed E-state index contributed by atoms with van der Waals surface area (Å²) < 4.78 is 10.8. The Balaban J connectivity index is 1.94. The number of rotatable bonds is 4. The monoisotopic (exact) mass is 275 g/mol. The van der Waals surface area contributed by atoms with Gasteiger partial charge in [0.25, 0.3) is 0 Å². The molecule has 3 rings (SSSR count). The Hall–Kier alpha value is -1.72. The van der Waals surface area contributed by atoms with Crippen LogP contribution in [0.15, 0.2) is 18.3 Å². The van der Waals surface area contributed by atoms with Crippen molar-refractivity contribution in [2.45, 2.75) is 6.54 Å². The molecule has 0 aliphatic carbocycles. The van der Waals surface area contributed by atoms with Crippen molar-refractivity contribution in [3.05, 3.63) is 23.9 Å². The van der Waals surface area contributed by atoms with E-state index in [-0.39, 0.29) is 0 Å². The first-order chi connectivity index (χ1) is 9.81. The van der Waals surface area contributed by atoms with Crippen LogP contribution in [0.4, 0.5) is 0 Å². The molecule has 108 valence electrons. The van der Waals surface area contributed by atoms with Crippen molar-refractivity contribution < 1.29 is 9.47 Å². The van der Waals surface area contributed by atoms with Gasteiger partial charge in [-0.05, 0) is 11.6 Å². The van der Waals surface area contributed by atoms with Crippen molar-refractivity contribution in [1.29, 1.82) is 0 Å². The average Bonchev–Trinajstić information content (AvgIpc) is 2.90. The zero-order valence-corrected chi connectivity index (χ0v) is 12.0. The van der Waals surface area contributed by atoms with E-state index in [4.69, 9.17) is 9.47 Å². The molecule has 1 saturated heterocycles. The molecule has 0 saturated carbocycles. The van der Waals surface area contributed by atoms with Gasteiger partial charge >= 0.3 is 0 Å². The van der Waals surface area contributed by atoms with Gasteiger partial charge < -0.3 is 19.8 Å². The standard InChI is InChI=1S/C15H21N3O2/c1-19-12-7-13-11(10-18-5-3-16-4-6-18)9-17-15(13)14(8-12)20-2/h7-9,16-17H,3-6,10H2,1-2H3.